The zero-order valence-electron chi connectivity index (χ0n) is 6.07. The average molecular weight is 202 g/mol. The smallest absolute Gasteiger partial charge is 0.358 e. The van der Waals surface area contributed by atoms with Gasteiger partial charge in [-0.15, -0.1) is 23.5 Å². The molecule has 0 saturated carbocycles. The van der Waals surface area contributed by atoms with Crippen LogP contribution in [0.15, 0.2) is 15.6 Å². The van der Waals surface area contributed by atoms with Crippen LogP contribution in [0.5, 0.6) is 0 Å². The summed E-state index contributed by atoms with van der Waals surface area (Å²) in [6.07, 6.45) is 1.12. The number of thioether (sulfide) groups is 2. The van der Waals surface area contributed by atoms with E-state index < -0.39 is 5.06 Å². The molecule has 2 aliphatic heterocycles. The number of nitrogens with zero attached hydrogens (tertiary/aromatic N) is 1. The van der Waals surface area contributed by atoms with Crippen molar-refractivity contribution in [1.29, 1.82) is 0 Å². The van der Waals surface area contributed by atoms with Gasteiger partial charge in [0.15, 0.2) is 6.34 Å². The van der Waals surface area contributed by atoms with E-state index in [9.17, 15) is 10.0 Å². The Balaban J connectivity index is 2.35. The van der Waals surface area contributed by atoms with Gasteiger partial charge >= 0.3 is 5.91 Å². The van der Waals surface area contributed by atoms with Crippen molar-refractivity contribution in [3.8, 4) is 0 Å². The molecule has 2 heterocycles. The second kappa shape index (κ2) is 3.21. The highest BCUT2D eigenvalue weighted by molar-refractivity contribution is 8.18. The van der Waals surface area contributed by atoms with Crippen LogP contribution in [-0.2, 0) is 4.79 Å². The van der Waals surface area contributed by atoms with Crippen LogP contribution < -0.4 is 5.06 Å². The first-order valence-electron chi connectivity index (χ1n) is 3.35. The van der Waals surface area contributed by atoms with E-state index in [4.69, 9.17) is 0 Å². The third kappa shape index (κ3) is 1.31. The largest absolute Gasteiger partial charge is 0.620 e. The average Bonchev–Trinajstić information content (AvgIpc) is 2.12. The van der Waals surface area contributed by atoms with Gasteiger partial charge in [0.25, 0.3) is 0 Å². The third-order valence-electron chi connectivity index (χ3n) is 1.56. The highest BCUT2D eigenvalue weighted by Gasteiger charge is 2.27. The zero-order chi connectivity index (χ0) is 8.55. The molecule has 0 aliphatic carbocycles. The highest BCUT2D eigenvalue weighted by atomic mass is 32.2. The maximum atomic E-state index is 11.2. The summed E-state index contributed by atoms with van der Waals surface area (Å²) < 4.78 is 0. The van der Waals surface area contributed by atoms with Crippen molar-refractivity contribution in [3.05, 3.63) is 15.8 Å². The summed E-state index contributed by atoms with van der Waals surface area (Å²) >= 11 is 3.13. The molecule has 0 radical (unpaired) electrons. The van der Waals surface area contributed by atoms with Crippen LogP contribution in [0, 0.1) is 5.21 Å². The Morgan fingerprint density at radius 2 is 2.50 bits per heavy atom. The number of aliphatic imine (C=N–C) groups is 1. The maximum Gasteiger partial charge on any atom is 0.358 e. The molecule has 4 nitrogen and oxygen atoms in total. The first kappa shape index (κ1) is 8.31. The van der Waals surface area contributed by atoms with Gasteiger partial charge in [-0.1, -0.05) is 0 Å². The van der Waals surface area contributed by atoms with Gasteiger partial charge in [0.2, 0.25) is 0 Å². The van der Waals surface area contributed by atoms with Crippen molar-refractivity contribution in [2.24, 2.45) is 4.99 Å². The Hall–Kier alpha value is -0.300. The molecule has 12 heavy (non-hydrogen) atoms. The number of carbonyl (C=O) groups excluding carboxylic acids is 1. The fourth-order valence-electron chi connectivity index (χ4n) is 0.987. The third-order valence-corrected chi connectivity index (χ3v) is 3.88. The van der Waals surface area contributed by atoms with Crippen LogP contribution in [0.4, 0.5) is 0 Å². The number of hydrogen-bond acceptors (Lipinski definition) is 5. The van der Waals surface area contributed by atoms with Crippen molar-refractivity contribution < 1.29 is 9.86 Å². The molecule has 1 N–H and O–H groups in total. The predicted molar refractivity (Wildman–Crippen MR) is 49.8 cm³/mol. The molecular weight excluding hydrogens is 196 g/mol. The number of hydroxylamine groups is 2. The summed E-state index contributed by atoms with van der Waals surface area (Å²) in [5.74, 6) is 0.364. The van der Waals surface area contributed by atoms with E-state index in [1.165, 1.54) is 11.8 Å². The molecule has 1 atom stereocenters. The van der Waals surface area contributed by atoms with Crippen LogP contribution in [0.2, 0.25) is 0 Å². The van der Waals surface area contributed by atoms with Gasteiger partial charge in [-0.3, -0.25) is 5.06 Å². The van der Waals surface area contributed by atoms with E-state index in [0.717, 1.165) is 22.9 Å². The Bertz CT molecular complexity index is 287. The van der Waals surface area contributed by atoms with Gasteiger partial charge in [0, 0.05) is 10.8 Å². The summed E-state index contributed by atoms with van der Waals surface area (Å²) in [5, 5.41) is 11.2. The normalized spacial score (nSPS) is 29.1. The molecule has 0 fully saturated rings. The molecule has 0 aromatic rings. The Morgan fingerprint density at radius 3 is 3.33 bits per heavy atom. The molecule has 0 bridgehead atoms. The molecule has 0 aromatic heterocycles. The molecule has 0 aromatic carbocycles. The number of rotatable bonds is 0. The fourth-order valence-corrected chi connectivity index (χ4v) is 3.15. The Kier molecular flexibility index (Phi) is 2.22. The summed E-state index contributed by atoms with van der Waals surface area (Å²) in [4.78, 5) is 15.7. The van der Waals surface area contributed by atoms with Crippen LogP contribution in [0.1, 0.15) is 0 Å². The molecule has 0 unspecified atom stereocenters. The van der Waals surface area contributed by atoms with Crippen molar-refractivity contribution in [1.82, 2.24) is 0 Å². The predicted octanol–water partition coefficient (Wildman–Crippen LogP) is -0.413. The van der Waals surface area contributed by atoms with E-state index in [2.05, 4.69) is 4.99 Å². The summed E-state index contributed by atoms with van der Waals surface area (Å²) in [6.45, 7) is 0. The van der Waals surface area contributed by atoms with Crippen LogP contribution in [0.3, 0.4) is 0 Å². The lowest BCUT2D eigenvalue weighted by molar-refractivity contribution is -0.648. The van der Waals surface area contributed by atoms with E-state index in [-0.39, 0.29) is 5.91 Å². The lowest BCUT2D eigenvalue weighted by atomic mass is 10.4. The lowest BCUT2D eigenvalue weighted by Crippen LogP contribution is -3.09. The number of carbonyl (C=O) groups is 1. The minimum absolute atomic E-state index is 0.384. The molecule has 6 heteroatoms. The summed E-state index contributed by atoms with van der Waals surface area (Å²) in [7, 11) is 0. The SMILES string of the molecule is O=C1C2=C(CSCS2)N=C[N@@H+]1[O-]. The monoisotopic (exact) mass is 202 g/mol. The standard InChI is InChI=1S/C6H6N2O2S2/c9-6-5-4(1-11-3-12-5)7-2-8(6)10/h2,8H,1,3H2. The first-order valence-corrected chi connectivity index (χ1v) is 5.49. The molecular formula is C6H6N2O2S2. The van der Waals surface area contributed by atoms with Gasteiger partial charge in [-0.2, -0.15) is 0 Å². The van der Waals surface area contributed by atoms with Crippen molar-refractivity contribution >= 4 is 35.8 Å². The minimum Gasteiger partial charge on any atom is -0.620 e. The topological polar surface area (TPSA) is 56.9 Å². The quantitative estimate of drug-likeness (QED) is 0.542. The van der Waals surface area contributed by atoms with Gasteiger partial charge < -0.3 is 5.21 Å². The van der Waals surface area contributed by atoms with Crippen molar-refractivity contribution in [2.75, 3.05) is 10.8 Å². The van der Waals surface area contributed by atoms with Crippen molar-refractivity contribution in [3.63, 3.8) is 0 Å². The number of amides is 1. The minimum atomic E-state index is -0.492. The second-order valence-electron chi connectivity index (χ2n) is 2.34. The molecule has 0 saturated heterocycles. The molecule has 0 spiro atoms. The van der Waals surface area contributed by atoms with Gasteiger partial charge in [-0.05, 0) is 0 Å². The van der Waals surface area contributed by atoms with Crippen LogP contribution in [0.25, 0.3) is 0 Å². The number of quaternary nitrogens is 1. The Labute approximate surface area is 77.7 Å². The second-order valence-corrected chi connectivity index (χ2v) is 4.67. The van der Waals surface area contributed by atoms with E-state index in [1.807, 2.05) is 0 Å². The number of hydrogen-bond donors (Lipinski definition) is 1. The van der Waals surface area contributed by atoms with Gasteiger partial charge in [0.05, 0.1) is 5.70 Å². The summed E-state index contributed by atoms with van der Waals surface area (Å²) in [6, 6.07) is 0. The van der Waals surface area contributed by atoms with Gasteiger partial charge in [-0.25, -0.2) is 9.79 Å². The molecule has 2 aliphatic rings. The number of nitrogens with one attached hydrogen (secondary N) is 1. The lowest BCUT2D eigenvalue weighted by Gasteiger charge is -2.22. The van der Waals surface area contributed by atoms with E-state index in [0.29, 0.717) is 4.91 Å². The fraction of sp³-hybridized carbons (Fsp3) is 0.333. The highest BCUT2D eigenvalue weighted by Crippen LogP contribution is 2.32. The van der Waals surface area contributed by atoms with Crippen LogP contribution >= 0.6 is 23.5 Å². The first-order chi connectivity index (χ1) is 5.79. The molecule has 64 valence electrons. The Morgan fingerprint density at radius 1 is 1.67 bits per heavy atom. The molecule has 1 amide bonds. The van der Waals surface area contributed by atoms with E-state index >= 15 is 0 Å². The van der Waals surface area contributed by atoms with E-state index in [1.54, 1.807) is 11.8 Å². The van der Waals surface area contributed by atoms with Gasteiger partial charge in [0.1, 0.15) is 4.91 Å². The molecule has 2 rings (SSSR count). The zero-order valence-corrected chi connectivity index (χ0v) is 7.70. The van der Waals surface area contributed by atoms with Crippen molar-refractivity contribution in [2.45, 2.75) is 0 Å². The maximum absolute atomic E-state index is 11.2. The summed E-state index contributed by atoms with van der Waals surface area (Å²) in [5.41, 5.74) is 0.765. The van der Waals surface area contributed by atoms with Crippen LogP contribution in [-0.4, -0.2) is 23.1 Å².